The summed E-state index contributed by atoms with van der Waals surface area (Å²) in [4.78, 5) is 17.5. The van der Waals surface area contributed by atoms with Crippen molar-refractivity contribution in [2.45, 2.75) is 13.3 Å². The van der Waals surface area contributed by atoms with Crippen LogP contribution in [0.1, 0.15) is 11.5 Å². The molecule has 1 N–H and O–H groups in total. The van der Waals surface area contributed by atoms with Crippen LogP contribution in [-0.4, -0.2) is 10.9 Å². The number of hydrogen-bond acceptors (Lipinski definition) is 4. The Kier molecular flexibility index (Phi) is 4.40. The minimum absolute atomic E-state index is 0.118. The van der Waals surface area contributed by atoms with Crippen molar-refractivity contribution in [1.29, 1.82) is 0 Å². The fourth-order valence-electron chi connectivity index (χ4n) is 2.02. The maximum atomic E-state index is 12.1. The molecule has 0 saturated carbocycles. The molecule has 3 aromatic rings. The highest BCUT2D eigenvalue weighted by atomic mass is 79.9. The first kappa shape index (κ1) is 15.0. The molecule has 3 rings (SSSR count). The second kappa shape index (κ2) is 6.46. The standard InChI is InChI=1S/C16H13BrN2O2S/c1-10-13(19-16(21-10)14-6-3-7-22-14)9-15(20)18-12-5-2-4-11(17)8-12/h2-8H,9H2,1H3,(H,18,20). The number of anilines is 1. The fraction of sp³-hybridized carbons (Fsp3) is 0.125. The summed E-state index contributed by atoms with van der Waals surface area (Å²) in [6.07, 6.45) is 0.188. The van der Waals surface area contributed by atoms with E-state index >= 15 is 0 Å². The molecule has 0 aliphatic carbocycles. The molecule has 4 nitrogen and oxygen atoms in total. The number of hydrogen-bond donors (Lipinski definition) is 1. The van der Waals surface area contributed by atoms with Gasteiger partial charge in [-0.3, -0.25) is 4.79 Å². The topological polar surface area (TPSA) is 55.1 Å². The van der Waals surface area contributed by atoms with E-state index in [0.29, 0.717) is 17.3 Å². The molecule has 112 valence electrons. The number of aromatic nitrogens is 1. The minimum Gasteiger partial charge on any atom is -0.440 e. The van der Waals surface area contributed by atoms with E-state index in [-0.39, 0.29) is 12.3 Å². The van der Waals surface area contributed by atoms with Gasteiger partial charge in [0.05, 0.1) is 17.0 Å². The predicted molar refractivity (Wildman–Crippen MR) is 91.0 cm³/mol. The maximum absolute atomic E-state index is 12.1. The number of nitrogens with one attached hydrogen (secondary N) is 1. The number of oxazole rings is 1. The van der Waals surface area contributed by atoms with E-state index in [1.807, 2.05) is 48.7 Å². The minimum atomic E-state index is -0.118. The van der Waals surface area contributed by atoms with Crippen LogP contribution in [-0.2, 0) is 11.2 Å². The summed E-state index contributed by atoms with van der Waals surface area (Å²) in [7, 11) is 0. The smallest absolute Gasteiger partial charge is 0.236 e. The third-order valence-corrected chi connectivity index (χ3v) is 4.41. The van der Waals surface area contributed by atoms with Crippen molar-refractivity contribution < 1.29 is 9.21 Å². The van der Waals surface area contributed by atoms with Crippen LogP contribution in [0.25, 0.3) is 10.8 Å². The first-order chi connectivity index (χ1) is 10.6. The Labute approximate surface area is 140 Å². The molecule has 1 amide bonds. The Morgan fingerprint density at radius 3 is 2.95 bits per heavy atom. The molecule has 6 heteroatoms. The van der Waals surface area contributed by atoms with E-state index in [2.05, 4.69) is 26.2 Å². The van der Waals surface area contributed by atoms with E-state index in [9.17, 15) is 4.79 Å². The van der Waals surface area contributed by atoms with E-state index < -0.39 is 0 Å². The largest absolute Gasteiger partial charge is 0.440 e. The number of carbonyl (C=O) groups excluding carboxylic acids is 1. The van der Waals surface area contributed by atoms with Gasteiger partial charge in [0.2, 0.25) is 11.8 Å². The van der Waals surface area contributed by atoms with E-state index in [4.69, 9.17) is 4.42 Å². The number of amides is 1. The third kappa shape index (κ3) is 3.45. The lowest BCUT2D eigenvalue weighted by atomic mass is 10.2. The average Bonchev–Trinajstić information content (AvgIpc) is 3.09. The number of benzene rings is 1. The molecule has 2 heterocycles. The monoisotopic (exact) mass is 376 g/mol. The van der Waals surface area contributed by atoms with Gasteiger partial charge in [0.15, 0.2) is 0 Å². The third-order valence-electron chi connectivity index (χ3n) is 3.06. The number of halogens is 1. The van der Waals surface area contributed by atoms with E-state index in [1.54, 1.807) is 11.3 Å². The normalized spacial score (nSPS) is 10.6. The van der Waals surface area contributed by atoms with Gasteiger partial charge in [0.1, 0.15) is 5.76 Å². The van der Waals surface area contributed by atoms with Crippen molar-refractivity contribution in [2.24, 2.45) is 0 Å². The van der Waals surface area contributed by atoms with Crippen LogP contribution in [0.4, 0.5) is 5.69 Å². The Balaban J connectivity index is 1.72. The molecule has 0 aliphatic rings. The highest BCUT2D eigenvalue weighted by Gasteiger charge is 2.15. The van der Waals surface area contributed by atoms with Gasteiger partial charge in [0.25, 0.3) is 0 Å². The molecule has 0 bridgehead atoms. The lowest BCUT2D eigenvalue weighted by Crippen LogP contribution is -2.15. The number of rotatable bonds is 4. The molecule has 22 heavy (non-hydrogen) atoms. The summed E-state index contributed by atoms with van der Waals surface area (Å²) in [6.45, 7) is 1.83. The Bertz CT molecular complexity index is 796. The van der Waals surface area contributed by atoms with Gasteiger partial charge in [-0.1, -0.05) is 28.1 Å². The van der Waals surface area contributed by atoms with Crippen molar-refractivity contribution in [1.82, 2.24) is 4.98 Å². The molecule has 0 saturated heterocycles. The van der Waals surface area contributed by atoms with Gasteiger partial charge in [-0.05, 0) is 36.6 Å². The quantitative estimate of drug-likeness (QED) is 0.720. The van der Waals surface area contributed by atoms with Crippen LogP contribution in [0.2, 0.25) is 0 Å². The van der Waals surface area contributed by atoms with Crippen LogP contribution >= 0.6 is 27.3 Å². The summed E-state index contributed by atoms with van der Waals surface area (Å²) in [5.41, 5.74) is 1.41. The molecule has 0 unspecified atom stereocenters. The number of thiophene rings is 1. The summed E-state index contributed by atoms with van der Waals surface area (Å²) >= 11 is 4.94. The SMILES string of the molecule is Cc1oc(-c2cccs2)nc1CC(=O)Nc1cccc(Br)c1. The lowest BCUT2D eigenvalue weighted by molar-refractivity contribution is -0.115. The first-order valence-electron chi connectivity index (χ1n) is 6.67. The van der Waals surface area contributed by atoms with Crippen molar-refractivity contribution in [2.75, 3.05) is 5.32 Å². The summed E-state index contributed by atoms with van der Waals surface area (Å²) in [6, 6.07) is 11.4. The van der Waals surface area contributed by atoms with Gasteiger partial charge >= 0.3 is 0 Å². The fourth-order valence-corrected chi connectivity index (χ4v) is 3.07. The van der Waals surface area contributed by atoms with Crippen LogP contribution in [0.3, 0.4) is 0 Å². The molecule has 0 spiro atoms. The van der Waals surface area contributed by atoms with Gasteiger partial charge in [-0.2, -0.15) is 0 Å². The summed E-state index contributed by atoms with van der Waals surface area (Å²) < 4.78 is 6.56. The lowest BCUT2D eigenvalue weighted by Gasteiger charge is -2.04. The number of carbonyl (C=O) groups is 1. The molecular formula is C16H13BrN2O2S. The van der Waals surface area contributed by atoms with Crippen LogP contribution in [0, 0.1) is 6.92 Å². The molecule has 0 fully saturated rings. The molecular weight excluding hydrogens is 364 g/mol. The van der Waals surface area contributed by atoms with E-state index in [1.165, 1.54) is 0 Å². The molecule has 1 aromatic carbocycles. The van der Waals surface area contributed by atoms with Crippen molar-refractivity contribution in [3.8, 4) is 10.8 Å². The summed E-state index contributed by atoms with van der Waals surface area (Å²) in [5, 5.41) is 4.82. The van der Waals surface area contributed by atoms with Gasteiger partial charge < -0.3 is 9.73 Å². The zero-order valence-electron chi connectivity index (χ0n) is 11.8. The first-order valence-corrected chi connectivity index (χ1v) is 8.34. The molecule has 0 atom stereocenters. The highest BCUT2D eigenvalue weighted by Crippen LogP contribution is 2.26. The van der Waals surface area contributed by atoms with Crippen molar-refractivity contribution >= 4 is 38.9 Å². The van der Waals surface area contributed by atoms with Crippen LogP contribution in [0.15, 0.2) is 50.7 Å². The molecule has 2 aromatic heterocycles. The van der Waals surface area contributed by atoms with Gasteiger partial charge in [-0.25, -0.2) is 4.98 Å². The number of nitrogens with zero attached hydrogens (tertiary/aromatic N) is 1. The van der Waals surface area contributed by atoms with Crippen LogP contribution < -0.4 is 5.32 Å². The van der Waals surface area contributed by atoms with Gasteiger partial charge in [0, 0.05) is 10.2 Å². The van der Waals surface area contributed by atoms with Gasteiger partial charge in [-0.15, -0.1) is 11.3 Å². The molecule has 0 radical (unpaired) electrons. The average molecular weight is 377 g/mol. The Morgan fingerprint density at radius 1 is 1.36 bits per heavy atom. The Hall–Kier alpha value is -1.92. The predicted octanol–water partition coefficient (Wildman–Crippen LogP) is 4.66. The van der Waals surface area contributed by atoms with Crippen molar-refractivity contribution in [3.05, 3.63) is 57.7 Å². The maximum Gasteiger partial charge on any atom is 0.236 e. The van der Waals surface area contributed by atoms with Crippen LogP contribution in [0.5, 0.6) is 0 Å². The zero-order chi connectivity index (χ0) is 15.5. The second-order valence-corrected chi connectivity index (χ2v) is 6.60. The zero-order valence-corrected chi connectivity index (χ0v) is 14.2. The summed E-state index contributed by atoms with van der Waals surface area (Å²) in [5.74, 6) is 1.12. The number of aryl methyl sites for hydroxylation is 1. The Morgan fingerprint density at radius 2 is 2.23 bits per heavy atom. The van der Waals surface area contributed by atoms with Crippen molar-refractivity contribution in [3.63, 3.8) is 0 Å². The molecule has 0 aliphatic heterocycles. The highest BCUT2D eigenvalue weighted by molar-refractivity contribution is 9.10. The second-order valence-electron chi connectivity index (χ2n) is 4.73. The van der Waals surface area contributed by atoms with E-state index in [0.717, 1.165) is 15.0 Å².